The average Bonchev–Trinajstić information content (AvgIpc) is 2.38. The number of aliphatic carboxylic acids is 2. The van der Waals surface area contributed by atoms with E-state index in [-0.39, 0.29) is 5.82 Å². The van der Waals surface area contributed by atoms with Gasteiger partial charge in [-0.3, -0.25) is 20.2 Å². The molecule has 3 N–H and O–H groups in total. The van der Waals surface area contributed by atoms with E-state index in [1.807, 2.05) is 5.32 Å². The molecule has 0 aliphatic rings. The largest absolute Gasteiger partial charge is 0.582 e. The van der Waals surface area contributed by atoms with Gasteiger partial charge in [0.25, 0.3) is 6.04 Å². The lowest BCUT2D eigenvalue weighted by Crippen LogP contribution is -2.66. The summed E-state index contributed by atoms with van der Waals surface area (Å²) in [5.74, 6) is -4.87. The third-order valence-corrected chi connectivity index (χ3v) is 2.48. The minimum Gasteiger partial charge on any atom is -0.479 e. The minimum atomic E-state index is -4.00. The molecule has 1 aromatic heterocycles. The highest BCUT2D eigenvalue weighted by molar-refractivity contribution is 5.88. The summed E-state index contributed by atoms with van der Waals surface area (Å²) in [5, 5.41) is 41.5. The topological polar surface area (TPSA) is 186 Å². The number of hydrogen-bond donors (Lipinski definition) is 3. The fraction of sp³-hybridized carbons (Fsp3) is 0.222. The van der Waals surface area contributed by atoms with Crippen LogP contribution >= 0.6 is 0 Å². The van der Waals surface area contributed by atoms with E-state index in [0.717, 1.165) is 0 Å². The van der Waals surface area contributed by atoms with Crippen LogP contribution in [0.25, 0.3) is 0 Å². The highest BCUT2D eigenvalue weighted by Crippen LogP contribution is 2.21. The standard InChI is InChI=1S/C9H8N4O8/c14-7(15)6(11-5-3-1-2-4-10-5)9(8(16)17,12(18)19)13(20)21/h1-4,6H,(H,10,11)(H,14,15)(H,16,17)/t6-/m1/s1. The Morgan fingerprint density at radius 1 is 1.24 bits per heavy atom. The van der Waals surface area contributed by atoms with Gasteiger partial charge in [0.05, 0.1) is 0 Å². The molecule has 1 atom stereocenters. The molecule has 0 spiro atoms. The maximum Gasteiger partial charge on any atom is 0.582 e. The Labute approximate surface area is 115 Å². The summed E-state index contributed by atoms with van der Waals surface area (Å²) in [7, 11) is 0. The molecule has 0 aliphatic carbocycles. The zero-order chi connectivity index (χ0) is 16.2. The average molecular weight is 300 g/mol. The number of carbonyl (C=O) groups is 2. The number of pyridine rings is 1. The SMILES string of the molecule is O=C(O)[C@@H](Nc1ccccn1)C(C(=O)O)([N+](=O)[O-])[N+](=O)[O-]. The minimum absolute atomic E-state index is 0.265. The maximum absolute atomic E-state index is 11.1. The normalized spacial score (nSPS) is 12.2. The van der Waals surface area contributed by atoms with Crippen molar-refractivity contribution in [2.45, 2.75) is 11.7 Å². The van der Waals surface area contributed by atoms with Crippen LogP contribution in [0.2, 0.25) is 0 Å². The highest BCUT2D eigenvalue weighted by Gasteiger charge is 2.74. The van der Waals surface area contributed by atoms with E-state index in [2.05, 4.69) is 4.98 Å². The highest BCUT2D eigenvalue weighted by atomic mass is 16.7. The first kappa shape index (κ1) is 15.7. The van der Waals surface area contributed by atoms with Gasteiger partial charge in [-0.25, -0.2) is 14.6 Å². The Morgan fingerprint density at radius 3 is 2.14 bits per heavy atom. The second-order valence-corrected chi connectivity index (χ2v) is 3.68. The number of nitrogens with zero attached hydrogens (tertiary/aromatic N) is 3. The first-order chi connectivity index (χ1) is 9.74. The van der Waals surface area contributed by atoms with Crippen molar-refractivity contribution in [3.63, 3.8) is 0 Å². The van der Waals surface area contributed by atoms with Crippen LogP contribution in [0.15, 0.2) is 24.4 Å². The van der Waals surface area contributed by atoms with Crippen molar-refractivity contribution in [1.29, 1.82) is 0 Å². The summed E-state index contributed by atoms with van der Waals surface area (Å²) in [5.41, 5.74) is -4.00. The molecule has 0 unspecified atom stereocenters. The van der Waals surface area contributed by atoms with E-state index >= 15 is 0 Å². The number of aromatic nitrogens is 1. The number of carboxylic acids is 2. The van der Waals surface area contributed by atoms with Gasteiger partial charge in [-0.1, -0.05) is 6.07 Å². The van der Waals surface area contributed by atoms with Gasteiger partial charge < -0.3 is 15.5 Å². The Hall–Kier alpha value is -3.31. The molecule has 12 nitrogen and oxygen atoms in total. The second kappa shape index (κ2) is 5.77. The summed E-state index contributed by atoms with van der Waals surface area (Å²) in [6.45, 7) is 0. The fourth-order valence-electron chi connectivity index (χ4n) is 1.49. The van der Waals surface area contributed by atoms with Gasteiger partial charge in [-0.15, -0.1) is 0 Å². The van der Waals surface area contributed by atoms with Crippen LogP contribution in [0.3, 0.4) is 0 Å². The van der Waals surface area contributed by atoms with Gasteiger partial charge in [-0.05, 0) is 12.1 Å². The number of nitrogens with one attached hydrogen (secondary N) is 1. The summed E-state index contributed by atoms with van der Waals surface area (Å²) in [4.78, 5) is 44.0. The number of anilines is 1. The van der Waals surface area contributed by atoms with E-state index < -0.39 is 33.5 Å². The summed E-state index contributed by atoms with van der Waals surface area (Å²) < 4.78 is 0. The first-order valence-corrected chi connectivity index (χ1v) is 5.17. The van der Waals surface area contributed by atoms with Gasteiger partial charge in [0.2, 0.25) is 0 Å². The fourth-order valence-corrected chi connectivity index (χ4v) is 1.49. The lowest BCUT2D eigenvalue weighted by Gasteiger charge is -2.20. The third kappa shape index (κ3) is 2.68. The number of carboxylic acid groups (broad SMARTS) is 2. The first-order valence-electron chi connectivity index (χ1n) is 5.17. The van der Waals surface area contributed by atoms with Crippen molar-refractivity contribution in [3.8, 4) is 0 Å². The predicted molar refractivity (Wildman–Crippen MR) is 63.6 cm³/mol. The van der Waals surface area contributed by atoms with Crippen molar-refractivity contribution in [3.05, 3.63) is 44.6 Å². The quantitative estimate of drug-likeness (QED) is 0.329. The third-order valence-electron chi connectivity index (χ3n) is 2.48. The van der Waals surface area contributed by atoms with E-state index in [1.165, 1.54) is 24.4 Å². The smallest absolute Gasteiger partial charge is 0.479 e. The van der Waals surface area contributed by atoms with Crippen LogP contribution in [0, 0.1) is 20.2 Å². The van der Waals surface area contributed by atoms with E-state index in [4.69, 9.17) is 10.2 Å². The molecule has 12 heteroatoms. The summed E-state index contributed by atoms with van der Waals surface area (Å²) >= 11 is 0. The second-order valence-electron chi connectivity index (χ2n) is 3.68. The van der Waals surface area contributed by atoms with Crippen LogP contribution in [0.5, 0.6) is 0 Å². The molecule has 0 bridgehead atoms. The van der Waals surface area contributed by atoms with Crippen molar-refractivity contribution in [2.24, 2.45) is 0 Å². The van der Waals surface area contributed by atoms with Crippen LogP contribution in [0.4, 0.5) is 5.82 Å². The van der Waals surface area contributed by atoms with Crippen LogP contribution < -0.4 is 5.32 Å². The lowest BCUT2D eigenvalue weighted by molar-refractivity contribution is -0.777. The molecule has 0 aliphatic heterocycles. The van der Waals surface area contributed by atoms with Crippen molar-refractivity contribution >= 4 is 17.8 Å². The number of hydrogen-bond acceptors (Lipinski definition) is 8. The van der Waals surface area contributed by atoms with Crippen LogP contribution in [-0.2, 0) is 9.59 Å². The maximum atomic E-state index is 11.1. The van der Waals surface area contributed by atoms with Gasteiger partial charge in [0, 0.05) is 6.20 Å². The van der Waals surface area contributed by atoms with Gasteiger partial charge >= 0.3 is 17.6 Å². The molecule has 1 heterocycles. The zero-order valence-electron chi connectivity index (χ0n) is 10.1. The Balaban J connectivity index is 3.41. The van der Waals surface area contributed by atoms with Gasteiger partial charge in [0.1, 0.15) is 15.7 Å². The molecular formula is C9H8N4O8. The molecule has 0 saturated heterocycles. The van der Waals surface area contributed by atoms with Crippen molar-refractivity contribution < 1.29 is 29.6 Å². The van der Waals surface area contributed by atoms with Crippen LogP contribution in [-0.4, -0.2) is 48.7 Å². The predicted octanol–water partition coefficient (Wildman–Crippen LogP) is -0.719. The monoisotopic (exact) mass is 300 g/mol. The Morgan fingerprint density at radius 2 is 1.81 bits per heavy atom. The van der Waals surface area contributed by atoms with Gasteiger partial charge in [0.15, 0.2) is 0 Å². The van der Waals surface area contributed by atoms with E-state index in [9.17, 15) is 29.8 Å². The molecule has 0 saturated carbocycles. The van der Waals surface area contributed by atoms with Crippen molar-refractivity contribution in [1.82, 2.24) is 4.98 Å². The molecule has 1 rings (SSSR count). The number of nitro groups is 2. The summed E-state index contributed by atoms with van der Waals surface area (Å²) in [6, 6.07) is 1.30. The van der Waals surface area contributed by atoms with Crippen molar-refractivity contribution in [2.75, 3.05) is 5.32 Å². The Kier molecular flexibility index (Phi) is 4.32. The number of rotatable bonds is 7. The van der Waals surface area contributed by atoms with Crippen LogP contribution in [0.1, 0.15) is 0 Å². The lowest BCUT2D eigenvalue weighted by atomic mass is 10.0. The molecule has 0 aromatic carbocycles. The Bertz CT molecular complexity index is 553. The summed E-state index contributed by atoms with van der Waals surface area (Å²) in [6.07, 6.45) is 1.18. The molecule has 1 aromatic rings. The van der Waals surface area contributed by atoms with Gasteiger partial charge in [-0.2, -0.15) is 0 Å². The molecule has 21 heavy (non-hydrogen) atoms. The molecular weight excluding hydrogens is 292 g/mol. The molecule has 112 valence electrons. The molecule has 0 radical (unpaired) electrons. The molecule has 0 amide bonds. The zero-order valence-corrected chi connectivity index (χ0v) is 10.1. The van der Waals surface area contributed by atoms with E-state index in [0.29, 0.717) is 0 Å². The van der Waals surface area contributed by atoms with E-state index in [1.54, 1.807) is 0 Å². The molecule has 0 fully saturated rings.